The van der Waals surface area contributed by atoms with Crippen molar-refractivity contribution in [3.05, 3.63) is 28.5 Å². The SMILES string of the molecule is COc1ccc(-c2nnc(C)nn2)c(Br)c1. The predicted octanol–water partition coefficient (Wildman–Crippen LogP) is 2.01. The zero-order valence-corrected chi connectivity index (χ0v) is 10.4. The molecule has 0 atom stereocenters. The lowest BCUT2D eigenvalue weighted by molar-refractivity contribution is 0.414. The molecule has 0 aliphatic carbocycles. The van der Waals surface area contributed by atoms with Crippen molar-refractivity contribution in [2.45, 2.75) is 6.92 Å². The summed E-state index contributed by atoms with van der Waals surface area (Å²) in [6.07, 6.45) is 0. The van der Waals surface area contributed by atoms with E-state index in [1.165, 1.54) is 0 Å². The van der Waals surface area contributed by atoms with Gasteiger partial charge in [-0.2, -0.15) is 0 Å². The molecule has 0 spiro atoms. The van der Waals surface area contributed by atoms with Crippen molar-refractivity contribution in [2.75, 3.05) is 7.11 Å². The van der Waals surface area contributed by atoms with Crippen LogP contribution in [0.25, 0.3) is 11.4 Å². The van der Waals surface area contributed by atoms with Gasteiger partial charge in [-0.1, -0.05) is 0 Å². The molecule has 0 aliphatic heterocycles. The second-order valence-electron chi connectivity index (χ2n) is 3.12. The fourth-order valence-electron chi connectivity index (χ4n) is 1.19. The Kier molecular flexibility index (Phi) is 3.09. The number of hydrogen-bond acceptors (Lipinski definition) is 5. The molecule has 1 aromatic carbocycles. The first-order chi connectivity index (χ1) is 7.70. The van der Waals surface area contributed by atoms with Crippen molar-refractivity contribution in [1.29, 1.82) is 0 Å². The molecule has 16 heavy (non-hydrogen) atoms. The molecule has 0 unspecified atom stereocenters. The van der Waals surface area contributed by atoms with Crippen LogP contribution in [0.3, 0.4) is 0 Å². The molecule has 6 heteroatoms. The molecule has 2 aromatic rings. The van der Waals surface area contributed by atoms with Gasteiger partial charge in [-0.05, 0) is 41.1 Å². The molecule has 0 bridgehead atoms. The van der Waals surface area contributed by atoms with E-state index in [1.807, 2.05) is 18.2 Å². The van der Waals surface area contributed by atoms with E-state index in [2.05, 4.69) is 36.3 Å². The van der Waals surface area contributed by atoms with E-state index in [0.717, 1.165) is 15.8 Å². The molecule has 82 valence electrons. The zero-order chi connectivity index (χ0) is 11.5. The van der Waals surface area contributed by atoms with E-state index in [0.29, 0.717) is 11.6 Å². The average Bonchev–Trinajstić information content (AvgIpc) is 2.30. The van der Waals surface area contributed by atoms with Crippen LogP contribution < -0.4 is 4.74 Å². The van der Waals surface area contributed by atoms with Gasteiger partial charge < -0.3 is 4.74 Å². The zero-order valence-electron chi connectivity index (χ0n) is 8.81. The predicted molar refractivity (Wildman–Crippen MR) is 62.0 cm³/mol. The third-order valence-electron chi connectivity index (χ3n) is 2.00. The maximum absolute atomic E-state index is 5.10. The first-order valence-corrected chi connectivity index (χ1v) is 5.38. The Morgan fingerprint density at radius 2 is 1.81 bits per heavy atom. The number of benzene rings is 1. The molecule has 1 aromatic heterocycles. The van der Waals surface area contributed by atoms with Crippen molar-refractivity contribution in [3.63, 3.8) is 0 Å². The second-order valence-corrected chi connectivity index (χ2v) is 3.97. The third-order valence-corrected chi connectivity index (χ3v) is 2.65. The monoisotopic (exact) mass is 280 g/mol. The highest BCUT2D eigenvalue weighted by Gasteiger charge is 2.08. The lowest BCUT2D eigenvalue weighted by Gasteiger charge is -2.04. The number of aromatic nitrogens is 4. The number of halogens is 1. The van der Waals surface area contributed by atoms with Crippen LogP contribution in [0.2, 0.25) is 0 Å². The number of nitrogens with zero attached hydrogens (tertiary/aromatic N) is 4. The van der Waals surface area contributed by atoms with Gasteiger partial charge in [0.15, 0.2) is 5.82 Å². The highest BCUT2D eigenvalue weighted by Crippen LogP contribution is 2.28. The maximum Gasteiger partial charge on any atom is 0.204 e. The van der Waals surface area contributed by atoms with Gasteiger partial charge in [0.25, 0.3) is 0 Å². The number of ether oxygens (including phenoxy) is 1. The first-order valence-electron chi connectivity index (χ1n) is 4.58. The summed E-state index contributed by atoms with van der Waals surface area (Å²) in [5.41, 5.74) is 0.834. The maximum atomic E-state index is 5.10. The van der Waals surface area contributed by atoms with Crippen molar-refractivity contribution in [3.8, 4) is 17.1 Å². The molecule has 1 heterocycles. The van der Waals surface area contributed by atoms with Crippen LogP contribution in [-0.4, -0.2) is 27.5 Å². The minimum atomic E-state index is 0.486. The molecule has 0 saturated carbocycles. The van der Waals surface area contributed by atoms with E-state index >= 15 is 0 Å². The van der Waals surface area contributed by atoms with E-state index in [4.69, 9.17) is 4.74 Å². The summed E-state index contributed by atoms with van der Waals surface area (Å²) >= 11 is 3.43. The van der Waals surface area contributed by atoms with E-state index in [-0.39, 0.29) is 0 Å². The minimum Gasteiger partial charge on any atom is -0.497 e. The quantitative estimate of drug-likeness (QED) is 0.842. The fraction of sp³-hybridized carbons (Fsp3) is 0.200. The Bertz CT molecular complexity index is 501. The molecular weight excluding hydrogens is 272 g/mol. The molecule has 0 fully saturated rings. The topological polar surface area (TPSA) is 60.8 Å². The van der Waals surface area contributed by atoms with Crippen molar-refractivity contribution < 1.29 is 4.74 Å². The lowest BCUT2D eigenvalue weighted by atomic mass is 10.2. The van der Waals surface area contributed by atoms with Crippen LogP contribution in [0.5, 0.6) is 5.75 Å². The summed E-state index contributed by atoms with van der Waals surface area (Å²) in [5, 5.41) is 15.7. The van der Waals surface area contributed by atoms with Crippen molar-refractivity contribution in [2.24, 2.45) is 0 Å². The summed E-state index contributed by atoms with van der Waals surface area (Å²) < 4.78 is 5.95. The fourth-order valence-corrected chi connectivity index (χ4v) is 1.73. The van der Waals surface area contributed by atoms with Gasteiger partial charge in [0.1, 0.15) is 5.75 Å². The van der Waals surface area contributed by atoms with Gasteiger partial charge in [0.2, 0.25) is 5.82 Å². The lowest BCUT2D eigenvalue weighted by Crippen LogP contribution is -1.99. The minimum absolute atomic E-state index is 0.486. The summed E-state index contributed by atoms with van der Waals surface area (Å²) in [4.78, 5) is 0. The van der Waals surface area contributed by atoms with Gasteiger partial charge >= 0.3 is 0 Å². The molecular formula is C10H9BrN4O. The van der Waals surface area contributed by atoms with Crippen LogP contribution in [0, 0.1) is 6.92 Å². The molecule has 0 radical (unpaired) electrons. The van der Waals surface area contributed by atoms with E-state index in [1.54, 1.807) is 14.0 Å². The number of methoxy groups -OCH3 is 1. The van der Waals surface area contributed by atoms with Crippen LogP contribution in [0.1, 0.15) is 5.82 Å². The van der Waals surface area contributed by atoms with Crippen molar-refractivity contribution >= 4 is 15.9 Å². The Morgan fingerprint density at radius 1 is 1.12 bits per heavy atom. The van der Waals surface area contributed by atoms with Gasteiger partial charge in [0, 0.05) is 10.0 Å². The summed E-state index contributed by atoms with van der Waals surface area (Å²) in [7, 11) is 1.62. The van der Waals surface area contributed by atoms with Gasteiger partial charge in [-0.3, -0.25) is 0 Å². The Morgan fingerprint density at radius 3 is 2.38 bits per heavy atom. The van der Waals surface area contributed by atoms with E-state index < -0.39 is 0 Å². The molecule has 0 amide bonds. The normalized spacial score (nSPS) is 10.2. The number of rotatable bonds is 2. The summed E-state index contributed by atoms with van der Waals surface area (Å²) in [6.45, 7) is 1.74. The molecule has 0 saturated heterocycles. The highest BCUT2D eigenvalue weighted by atomic mass is 79.9. The second kappa shape index (κ2) is 4.52. The molecule has 5 nitrogen and oxygen atoms in total. The van der Waals surface area contributed by atoms with E-state index in [9.17, 15) is 0 Å². The Hall–Kier alpha value is -1.56. The highest BCUT2D eigenvalue weighted by molar-refractivity contribution is 9.10. The van der Waals surface area contributed by atoms with Crippen molar-refractivity contribution in [1.82, 2.24) is 20.4 Å². The molecule has 2 rings (SSSR count). The van der Waals surface area contributed by atoms with Crippen LogP contribution in [0.4, 0.5) is 0 Å². The third kappa shape index (κ3) is 2.16. The van der Waals surface area contributed by atoms with Crippen LogP contribution in [-0.2, 0) is 0 Å². The Labute approximate surface area is 101 Å². The summed E-state index contributed by atoms with van der Waals surface area (Å²) in [6, 6.07) is 5.54. The molecule has 0 N–H and O–H groups in total. The smallest absolute Gasteiger partial charge is 0.204 e. The first kappa shape index (κ1) is 10.9. The Balaban J connectivity index is 2.44. The van der Waals surface area contributed by atoms with Gasteiger partial charge in [0.05, 0.1) is 7.11 Å². The molecule has 0 aliphatic rings. The standard InChI is InChI=1S/C10H9BrN4O/c1-6-12-14-10(15-13-6)8-4-3-7(16-2)5-9(8)11/h3-5H,1-2H3. The summed E-state index contributed by atoms with van der Waals surface area (Å²) in [5.74, 6) is 1.80. The van der Waals surface area contributed by atoms with Gasteiger partial charge in [-0.25, -0.2) is 0 Å². The van der Waals surface area contributed by atoms with Gasteiger partial charge in [-0.15, -0.1) is 20.4 Å². The number of hydrogen-bond donors (Lipinski definition) is 0. The van der Waals surface area contributed by atoms with Crippen LogP contribution >= 0.6 is 15.9 Å². The number of aryl methyl sites for hydroxylation is 1. The largest absolute Gasteiger partial charge is 0.497 e. The van der Waals surface area contributed by atoms with Crippen LogP contribution in [0.15, 0.2) is 22.7 Å². The average molecular weight is 281 g/mol.